The zero-order valence-corrected chi connectivity index (χ0v) is 12.2. The van der Waals surface area contributed by atoms with Gasteiger partial charge in [0.25, 0.3) is 0 Å². The first-order chi connectivity index (χ1) is 10.1. The van der Waals surface area contributed by atoms with Crippen LogP contribution in [0.5, 0.6) is 0 Å². The first-order valence-electron chi connectivity index (χ1n) is 6.34. The quantitative estimate of drug-likeness (QED) is 0.674. The summed E-state index contributed by atoms with van der Waals surface area (Å²) < 4.78 is 0. The highest BCUT2D eigenvalue weighted by atomic mass is 32.1. The van der Waals surface area contributed by atoms with Crippen LogP contribution in [0.25, 0.3) is 0 Å². The molecule has 2 N–H and O–H groups in total. The summed E-state index contributed by atoms with van der Waals surface area (Å²) in [6, 6.07) is 15.5. The number of ketones is 1. The monoisotopic (exact) mass is 298 g/mol. The highest BCUT2D eigenvalue weighted by Gasteiger charge is 2.07. The fourth-order valence-electron chi connectivity index (χ4n) is 1.72. The van der Waals surface area contributed by atoms with Crippen molar-refractivity contribution in [2.75, 3.05) is 5.32 Å². The van der Waals surface area contributed by atoms with E-state index in [0.29, 0.717) is 16.2 Å². The maximum absolute atomic E-state index is 11.8. The van der Waals surface area contributed by atoms with E-state index in [4.69, 9.17) is 12.2 Å². The van der Waals surface area contributed by atoms with Crippen LogP contribution < -0.4 is 10.6 Å². The first kappa shape index (κ1) is 14.9. The Morgan fingerprint density at radius 2 is 1.52 bits per heavy atom. The maximum Gasteiger partial charge on any atom is 0.324 e. The molecule has 0 fully saturated rings. The minimum absolute atomic E-state index is 0.0174. The first-order valence-corrected chi connectivity index (χ1v) is 6.75. The van der Waals surface area contributed by atoms with Gasteiger partial charge in [-0.3, -0.25) is 10.1 Å². The average molecular weight is 298 g/mol. The van der Waals surface area contributed by atoms with Crippen molar-refractivity contribution >= 4 is 34.7 Å². The number of benzene rings is 2. The molecule has 21 heavy (non-hydrogen) atoms. The number of anilines is 1. The summed E-state index contributed by atoms with van der Waals surface area (Å²) in [7, 11) is 0. The molecular weight excluding hydrogens is 284 g/mol. The lowest BCUT2D eigenvalue weighted by atomic mass is 10.1. The molecule has 0 aliphatic heterocycles. The molecule has 0 aliphatic rings. The third-order valence-corrected chi connectivity index (χ3v) is 3.15. The van der Waals surface area contributed by atoms with Crippen LogP contribution in [0.4, 0.5) is 10.5 Å². The summed E-state index contributed by atoms with van der Waals surface area (Å²) in [6.45, 7) is 1.49. The normalized spacial score (nSPS) is 9.76. The Morgan fingerprint density at radius 3 is 2.10 bits per heavy atom. The van der Waals surface area contributed by atoms with Crippen LogP contribution in [0.1, 0.15) is 22.8 Å². The summed E-state index contributed by atoms with van der Waals surface area (Å²) in [5.74, 6) is -0.0174. The Balaban J connectivity index is 1.95. The molecule has 0 heterocycles. The van der Waals surface area contributed by atoms with E-state index >= 15 is 0 Å². The van der Waals surface area contributed by atoms with Crippen molar-refractivity contribution in [1.29, 1.82) is 0 Å². The molecule has 0 atom stereocenters. The summed E-state index contributed by atoms with van der Waals surface area (Å²) in [6.07, 6.45) is 0. The lowest BCUT2D eigenvalue weighted by Crippen LogP contribution is -2.33. The van der Waals surface area contributed by atoms with Gasteiger partial charge in [-0.05, 0) is 31.2 Å². The Bertz CT molecular complexity index is 666. The van der Waals surface area contributed by atoms with Crippen molar-refractivity contribution in [3.8, 4) is 0 Å². The molecule has 0 bridgehead atoms. The van der Waals surface area contributed by atoms with Gasteiger partial charge in [0.1, 0.15) is 4.99 Å². The van der Waals surface area contributed by atoms with E-state index in [1.54, 1.807) is 24.3 Å². The number of hydrogen-bond donors (Lipinski definition) is 2. The second-order valence-electron chi connectivity index (χ2n) is 4.41. The number of rotatable bonds is 3. The number of nitrogens with one attached hydrogen (secondary N) is 2. The molecule has 106 valence electrons. The second kappa shape index (κ2) is 6.76. The van der Waals surface area contributed by atoms with Crippen LogP contribution in [-0.2, 0) is 0 Å². The summed E-state index contributed by atoms with van der Waals surface area (Å²) in [5.41, 5.74) is 1.96. The summed E-state index contributed by atoms with van der Waals surface area (Å²) in [4.78, 5) is 23.4. The van der Waals surface area contributed by atoms with Crippen LogP contribution in [-0.4, -0.2) is 16.8 Å². The van der Waals surface area contributed by atoms with Crippen molar-refractivity contribution in [3.05, 3.63) is 65.7 Å². The largest absolute Gasteiger partial charge is 0.324 e. The smallest absolute Gasteiger partial charge is 0.308 e. The van der Waals surface area contributed by atoms with E-state index in [9.17, 15) is 9.59 Å². The highest BCUT2D eigenvalue weighted by Crippen LogP contribution is 2.10. The van der Waals surface area contributed by atoms with E-state index in [1.165, 1.54) is 6.92 Å². The Labute approximate surface area is 128 Å². The van der Waals surface area contributed by atoms with E-state index < -0.39 is 6.03 Å². The molecule has 5 heteroatoms. The van der Waals surface area contributed by atoms with Gasteiger partial charge in [-0.25, -0.2) is 4.79 Å². The van der Waals surface area contributed by atoms with E-state index in [1.807, 2.05) is 30.3 Å². The molecule has 0 radical (unpaired) electrons. The lowest BCUT2D eigenvalue weighted by molar-refractivity contribution is 0.101. The Hall–Kier alpha value is -2.53. The molecule has 2 rings (SSSR count). The topological polar surface area (TPSA) is 58.2 Å². The van der Waals surface area contributed by atoms with Crippen LogP contribution in [0.2, 0.25) is 0 Å². The molecule has 2 aromatic carbocycles. The van der Waals surface area contributed by atoms with Crippen LogP contribution in [0.3, 0.4) is 0 Å². The fraction of sp³-hybridized carbons (Fsp3) is 0.0625. The standard InChI is InChI=1S/C16H14N2O2S/c1-11(19)12-7-9-14(10-8-12)17-16(20)18-15(21)13-5-3-2-4-6-13/h2-10H,1H3,(H2,17,18,20,21). The predicted octanol–water partition coefficient (Wildman–Crippen LogP) is 3.39. The van der Waals surface area contributed by atoms with Gasteiger partial charge in [0.2, 0.25) is 0 Å². The predicted molar refractivity (Wildman–Crippen MR) is 86.7 cm³/mol. The minimum Gasteiger partial charge on any atom is -0.308 e. The minimum atomic E-state index is -0.417. The molecule has 2 amide bonds. The lowest BCUT2D eigenvalue weighted by Gasteiger charge is -2.09. The molecule has 4 nitrogen and oxygen atoms in total. The van der Waals surface area contributed by atoms with Gasteiger partial charge in [0.15, 0.2) is 5.78 Å². The van der Waals surface area contributed by atoms with Gasteiger partial charge >= 0.3 is 6.03 Å². The number of carbonyl (C=O) groups excluding carboxylic acids is 2. The highest BCUT2D eigenvalue weighted by molar-refractivity contribution is 7.80. The molecule has 0 aromatic heterocycles. The van der Waals surface area contributed by atoms with Crippen molar-refractivity contribution in [1.82, 2.24) is 5.32 Å². The third-order valence-electron chi connectivity index (χ3n) is 2.81. The van der Waals surface area contributed by atoms with Gasteiger partial charge in [-0.1, -0.05) is 42.5 Å². The van der Waals surface area contributed by atoms with Crippen molar-refractivity contribution in [3.63, 3.8) is 0 Å². The molecule has 2 aromatic rings. The van der Waals surface area contributed by atoms with Crippen molar-refractivity contribution in [2.45, 2.75) is 6.92 Å². The molecule has 0 aliphatic carbocycles. The zero-order chi connectivity index (χ0) is 15.2. The molecule has 0 unspecified atom stereocenters. The molecular formula is C16H14N2O2S. The number of hydrogen-bond acceptors (Lipinski definition) is 3. The van der Waals surface area contributed by atoms with Crippen molar-refractivity contribution < 1.29 is 9.59 Å². The average Bonchev–Trinajstić information content (AvgIpc) is 2.48. The Morgan fingerprint density at radius 1 is 0.905 bits per heavy atom. The van der Waals surface area contributed by atoms with Crippen molar-refractivity contribution in [2.24, 2.45) is 0 Å². The summed E-state index contributed by atoms with van der Waals surface area (Å²) >= 11 is 5.15. The number of carbonyl (C=O) groups is 2. The Kier molecular flexibility index (Phi) is 4.79. The SMILES string of the molecule is CC(=O)c1ccc(NC(=O)NC(=S)c2ccccc2)cc1. The van der Waals surface area contributed by atoms with E-state index in [0.717, 1.165) is 5.56 Å². The second-order valence-corrected chi connectivity index (χ2v) is 4.82. The molecule has 0 spiro atoms. The van der Waals surface area contributed by atoms with Crippen LogP contribution in [0.15, 0.2) is 54.6 Å². The zero-order valence-electron chi connectivity index (χ0n) is 11.4. The van der Waals surface area contributed by atoms with Gasteiger partial charge in [0, 0.05) is 16.8 Å². The molecule has 0 saturated heterocycles. The van der Waals surface area contributed by atoms with Crippen LogP contribution >= 0.6 is 12.2 Å². The van der Waals surface area contributed by atoms with Gasteiger partial charge < -0.3 is 5.32 Å². The maximum atomic E-state index is 11.8. The molecule has 0 saturated carbocycles. The number of Topliss-reactive ketones (excluding diaryl/α,β-unsaturated/α-hetero) is 1. The number of amides is 2. The van der Waals surface area contributed by atoms with Crippen LogP contribution in [0, 0.1) is 0 Å². The fourth-order valence-corrected chi connectivity index (χ4v) is 1.94. The van der Waals surface area contributed by atoms with E-state index in [2.05, 4.69) is 10.6 Å². The van der Waals surface area contributed by atoms with Gasteiger partial charge in [-0.2, -0.15) is 0 Å². The van der Waals surface area contributed by atoms with E-state index in [-0.39, 0.29) is 5.78 Å². The van der Waals surface area contributed by atoms with Gasteiger partial charge in [-0.15, -0.1) is 0 Å². The number of urea groups is 1. The van der Waals surface area contributed by atoms with Gasteiger partial charge in [0.05, 0.1) is 0 Å². The third kappa shape index (κ3) is 4.22. The number of thiocarbonyl (C=S) groups is 1. The summed E-state index contributed by atoms with van der Waals surface area (Å²) in [5, 5.41) is 5.26.